The van der Waals surface area contributed by atoms with E-state index in [1.807, 2.05) is 0 Å². The molecule has 0 heterocycles. The van der Waals surface area contributed by atoms with Gasteiger partial charge in [0.2, 0.25) is 23.6 Å². The van der Waals surface area contributed by atoms with E-state index in [-0.39, 0.29) is 25.3 Å². The highest BCUT2D eigenvalue weighted by atomic mass is 16.3. The van der Waals surface area contributed by atoms with Gasteiger partial charge in [0, 0.05) is 0 Å². The van der Waals surface area contributed by atoms with Crippen LogP contribution in [0, 0.1) is 0 Å². The number of phenols is 1. The topological polar surface area (TPSA) is 177 Å². The largest absolute Gasteiger partial charge is 0.508 e. The highest BCUT2D eigenvalue weighted by Crippen LogP contribution is 2.10. The number of nitrogens with two attached hydrogens (primary N) is 2. The van der Waals surface area contributed by atoms with E-state index in [4.69, 9.17) is 11.5 Å². The Morgan fingerprint density at radius 3 is 2.23 bits per heavy atom. The Hall–Kier alpha value is -3.14. The second-order valence-electron chi connectivity index (χ2n) is 5.67. The monoisotopic (exact) mass is 365 g/mol. The molecule has 4 amide bonds. The van der Waals surface area contributed by atoms with Crippen molar-refractivity contribution in [1.82, 2.24) is 16.0 Å². The number of primary amides is 1. The lowest BCUT2D eigenvalue weighted by Crippen LogP contribution is -2.52. The van der Waals surface area contributed by atoms with E-state index >= 15 is 0 Å². The van der Waals surface area contributed by atoms with Gasteiger partial charge < -0.3 is 32.5 Å². The lowest BCUT2D eigenvalue weighted by Gasteiger charge is -2.17. The van der Waals surface area contributed by atoms with Crippen LogP contribution in [0.2, 0.25) is 0 Å². The van der Waals surface area contributed by atoms with Crippen molar-refractivity contribution in [3.05, 3.63) is 29.8 Å². The molecule has 0 fully saturated rings. The van der Waals surface area contributed by atoms with Crippen LogP contribution < -0.4 is 27.4 Å². The molecule has 26 heavy (non-hydrogen) atoms. The molecule has 0 spiro atoms. The summed E-state index contributed by atoms with van der Waals surface area (Å²) in [4.78, 5) is 45.8. The number of carbonyl (C=O) groups excluding carboxylic acids is 4. The van der Waals surface area contributed by atoms with Crippen LogP contribution in [0.5, 0.6) is 5.75 Å². The number of amides is 4. The van der Waals surface area contributed by atoms with E-state index in [9.17, 15) is 24.3 Å². The summed E-state index contributed by atoms with van der Waals surface area (Å²) >= 11 is 0. The maximum atomic E-state index is 12.0. The molecule has 1 aromatic rings. The molecule has 0 bridgehead atoms. The van der Waals surface area contributed by atoms with Gasteiger partial charge in [0.05, 0.1) is 19.1 Å². The molecule has 0 aliphatic carbocycles. The first-order valence-electron chi connectivity index (χ1n) is 7.85. The molecule has 0 saturated carbocycles. The summed E-state index contributed by atoms with van der Waals surface area (Å²) < 4.78 is 0. The average Bonchev–Trinajstić information content (AvgIpc) is 2.59. The molecule has 0 aliphatic rings. The second-order valence-corrected chi connectivity index (χ2v) is 5.67. The van der Waals surface area contributed by atoms with Gasteiger partial charge in [0.25, 0.3) is 0 Å². The first kappa shape index (κ1) is 20.9. The van der Waals surface area contributed by atoms with Crippen LogP contribution in [0.25, 0.3) is 0 Å². The molecule has 10 nitrogen and oxygen atoms in total. The summed E-state index contributed by atoms with van der Waals surface area (Å²) in [6, 6.07) is 4.47. The standard InChI is InChI=1S/C16H23N5O5/c1-9(15(25)20-8-14(24)19-7-13(18)23)21-16(26)12(17)6-10-2-4-11(22)5-3-10/h2-5,9,12,22H,6-8,17H2,1H3,(H2,18,23)(H,19,24)(H,20,25)(H,21,26)/t9-,12+/m0/s1. The van der Waals surface area contributed by atoms with Crippen molar-refractivity contribution in [3.8, 4) is 5.75 Å². The lowest BCUT2D eigenvalue weighted by atomic mass is 10.1. The number of nitrogens with one attached hydrogen (secondary N) is 3. The number of hydrogen-bond donors (Lipinski definition) is 6. The molecule has 10 heteroatoms. The van der Waals surface area contributed by atoms with Gasteiger partial charge in [-0.1, -0.05) is 12.1 Å². The fourth-order valence-corrected chi connectivity index (χ4v) is 1.93. The maximum Gasteiger partial charge on any atom is 0.242 e. The lowest BCUT2D eigenvalue weighted by molar-refractivity contribution is -0.130. The van der Waals surface area contributed by atoms with Gasteiger partial charge >= 0.3 is 0 Å². The van der Waals surface area contributed by atoms with Crippen LogP contribution in [0.1, 0.15) is 12.5 Å². The molecule has 142 valence electrons. The fourth-order valence-electron chi connectivity index (χ4n) is 1.93. The Morgan fingerprint density at radius 2 is 1.65 bits per heavy atom. The minimum atomic E-state index is -0.905. The number of aromatic hydroxyl groups is 1. The molecular formula is C16H23N5O5. The van der Waals surface area contributed by atoms with Crippen molar-refractivity contribution in [2.75, 3.05) is 13.1 Å². The Kier molecular flexibility index (Phi) is 8.03. The van der Waals surface area contributed by atoms with Crippen molar-refractivity contribution < 1.29 is 24.3 Å². The highest BCUT2D eigenvalue weighted by molar-refractivity contribution is 5.92. The SMILES string of the molecule is C[C@H](NC(=O)[C@H](N)Cc1ccc(O)cc1)C(=O)NCC(=O)NCC(N)=O. The predicted octanol–water partition coefficient (Wildman–Crippen LogP) is -2.52. The van der Waals surface area contributed by atoms with Crippen molar-refractivity contribution in [1.29, 1.82) is 0 Å². The van der Waals surface area contributed by atoms with Gasteiger partial charge in [-0.25, -0.2) is 0 Å². The zero-order chi connectivity index (χ0) is 19.7. The minimum Gasteiger partial charge on any atom is -0.508 e. The summed E-state index contributed by atoms with van der Waals surface area (Å²) in [5.74, 6) is -2.28. The van der Waals surface area contributed by atoms with E-state index in [1.165, 1.54) is 19.1 Å². The summed E-state index contributed by atoms with van der Waals surface area (Å²) in [6.07, 6.45) is 0.232. The van der Waals surface area contributed by atoms with Crippen molar-refractivity contribution >= 4 is 23.6 Å². The third kappa shape index (κ3) is 7.62. The van der Waals surface area contributed by atoms with Gasteiger partial charge in [-0.15, -0.1) is 0 Å². The van der Waals surface area contributed by atoms with Crippen LogP contribution in [0.15, 0.2) is 24.3 Å². The highest BCUT2D eigenvalue weighted by Gasteiger charge is 2.20. The van der Waals surface area contributed by atoms with Gasteiger partial charge in [-0.2, -0.15) is 0 Å². The zero-order valence-corrected chi connectivity index (χ0v) is 14.3. The Bertz CT molecular complexity index is 661. The van der Waals surface area contributed by atoms with Crippen molar-refractivity contribution in [2.45, 2.75) is 25.4 Å². The predicted molar refractivity (Wildman–Crippen MR) is 92.6 cm³/mol. The van der Waals surface area contributed by atoms with Crippen LogP contribution >= 0.6 is 0 Å². The molecular weight excluding hydrogens is 342 g/mol. The molecule has 2 atom stereocenters. The van der Waals surface area contributed by atoms with Gasteiger partial charge in [0.1, 0.15) is 11.8 Å². The van der Waals surface area contributed by atoms with Gasteiger partial charge in [0.15, 0.2) is 0 Å². The summed E-state index contributed by atoms with van der Waals surface area (Å²) in [6.45, 7) is 0.765. The van der Waals surface area contributed by atoms with Crippen LogP contribution in [-0.4, -0.2) is 53.9 Å². The maximum absolute atomic E-state index is 12.0. The van der Waals surface area contributed by atoms with E-state index in [0.29, 0.717) is 0 Å². The summed E-state index contributed by atoms with van der Waals surface area (Å²) in [7, 11) is 0. The van der Waals surface area contributed by atoms with Crippen molar-refractivity contribution in [3.63, 3.8) is 0 Å². The zero-order valence-electron chi connectivity index (χ0n) is 14.3. The molecule has 1 rings (SSSR count). The second kappa shape index (κ2) is 9.99. The third-order valence-electron chi connectivity index (χ3n) is 3.36. The molecule has 0 aromatic heterocycles. The van der Waals surface area contributed by atoms with Gasteiger partial charge in [-0.3, -0.25) is 19.2 Å². The van der Waals surface area contributed by atoms with E-state index in [2.05, 4.69) is 16.0 Å². The quantitative estimate of drug-likeness (QED) is 0.281. The van der Waals surface area contributed by atoms with Crippen LogP contribution in [0.3, 0.4) is 0 Å². The van der Waals surface area contributed by atoms with Crippen LogP contribution in [0.4, 0.5) is 0 Å². The Morgan fingerprint density at radius 1 is 1.04 bits per heavy atom. The normalized spacial score (nSPS) is 12.5. The summed E-state index contributed by atoms with van der Waals surface area (Å²) in [5.41, 5.74) is 11.4. The average molecular weight is 365 g/mol. The number of hydrogen-bond acceptors (Lipinski definition) is 6. The first-order valence-corrected chi connectivity index (χ1v) is 7.85. The van der Waals surface area contributed by atoms with Crippen molar-refractivity contribution in [2.24, 2.45) is 11.5 Å². The van der Waals surface area contributed by atoms with E-state index in [1.54, 1.807) is 12.1 Å². The van der Waals surface area contributed by atoms with Crippen LogP contribution in [-0.2, 0) is 25.6 Å². The van der Waals surface area contributed by atoms with E-state index < -0.39 is 35.7 Å². The Labute approximate surface area is 150 Å². The number of rotatable bonds is 9. The summed E-state index contributed by atoms with van der Waals surface area (Å²) in [5, 5.41) is 16.2. The number of benzene rings is 1. The molecule has 8 N–H and O–H groups in total. The molecule has 1 aromatic carbocycles. The third-order valence-corrected chi connectivity index (χ3v) is 3.36. The smallest absolute Gasteiger partial charge is 0.242 e. The molecule has 0 radical (unpaired) electrons. The van der Waals surface area contributed by atoms with Gasteiger partial charge in [-0.05, 0) is 31.0 Å². The Balaban J connectivity index is 2.39. The first-order chi connectivity index (χ1) is 12.2. The number of phenolic OH excluding ortho intramolecular Hbond substituents is 1. The number of carbonyl (C=O) groups is 4. The molecule has 0 unspecified atom stereocenters. The fraction of sp³-hybridized carbons (Fsp3) is 0.375. The molecule has 0 aliphatic heterocycles. The minimum absolute atomic E-state index is 0.108. The van der Waals surface area contributed by atoms with E-state index in [0.717, 1.165) is 5.56 Å². The molecule has 0 saturated heterocycles.